The lowest BCUT2D eigenvalue weighted by molar-refractivity contribution is 0.597. The summed E-state index contributed by atoms with van der Waals surface area (Å²) in [5, 5.41) is 2.25. The molecule has 1 rings (SSSR count). The van der Waals surface area contributed by atoms with Crippen molar-refractivity contribution < 1.29 is 4.39 Å². The second-order valence-electron chi connectivity index (χ2n) is 1.55. The van der Waals surface area contributed by atoms with Crippen LogP contribution in [0.3, 0.4) is 0 Å². The molecule has 0 radical (unpaired) electrons. The maximum Gasteiger partial charge on any atom is 0.325 e. The molecule has 0 aromatic carbocycles. The number of nitrogens with zero attached hydrogens (tertiary/aromatic N) is 1. The van der Waals surface area contributed by atoms with Gasteiger partial charge < -0.3 is 10.8 Å². The van der Waals surface area contributed by atoms with Gasteiger partial charge in [0.25, 0.3) is 5.56 Å². The van der Waals surface area contributed by atoms with Crippen LogP contribution in [0.2, 0.25) is 0 Å². The van der Waals surface area contributed by atoms with Gasteiger partial charge in [-0.1, -0.05) is 5.22 Å². The third-order valence-electron chi connectivity index (χ3n) is 0.774. The Balaban J connectivity index is 0.000000354. The Bertz CT molecular complexity index is 355. The Hall–Kier alpha value is -1.99. The van der Waals surface area contributed by atoms with Crippen LogP contribution in [0.15, 0.2) is 21.0 Å². The standard InChI is InChI=1S/C4H3FN2O2.H3N3/c5-2-1-6-4(9)7-3(2)8;1-3-2/h1H,(H2,6,7,8,9);(H3,1,2). The van der Waals surface area contributed by atoms with Gasteiger partial charge >= 0.3 is 5.69 Å². The molecule has 0 amide bonds. The van der Waals surface area contributed by atoms with Crippen LogP contribution in [0.4, 0.5) is 4.39 Å². The topological polar surface area (TPSA) is 128 Å². The van der Waals surface area contributed by atoms with E-state index in [1.807, 2.05) is 4.98 Å². The molecule has 1 aromatic heterocycles. The number of hydrogen-bond acceptors (Lipinski definition) is 4. The van der Waals surface area contributed by atoms with E-state index in [-0.39, 0.29) is 0 Å². The maximum absolute atomic E-state index is 12.0. The van der Waals surface area contributed by atoms with Crippen LogP contribution >= 0.6 is 0 Å². The average molecular weight is 175 g/mol. The van der Waals surface area contributed by atoms with Crippen molar-refractivity contribution in [3.05, 3.63) is 32.9 Å². The normalized spacial score (nSPS) is 8.08. The van der Waals surface area contributed by atoms with Crippen LogP contribution in [-0.4, -0.2) is 9.97 Å². The first kappa shape index (κ1) is 10.0. The van der Waals surface area contributed by atoms with Crippen molar-refractivity contribution in [1.82, 2.24) is 9.97 Å². The quantitative estimate of drug-likeness (QED) is 0.231. The summed E-state index contributed by atoms with van der Waals surface area (Å²) >= 11 is 0. The first-order valence-electron chi connectivity index (χ1n) is 2.66. The van der Waals surface area contributed by atoms with E-state index in [1.165, 1.54) is 0 Å². The van der Waals surface area contributed by atoms with Crippen LogP contribution in [0.1, 0.15) is 0 Å². The zero-order valence-corrected chi connectivity index (χ0v) is 5.80. The van der Waals surface area contributed by atoms with Crippen molar-refractivity contribution in [2.24, 2.45) is 11.1 Å². The molecule has 0 bridgehead atoms. The van der Waals surface area contributed by atoms with Crippen LogP contribution in [0.25, 0.3) is 0 Å². The van der Waals surface area contributed by atoms with Gasteiger partial charge in [0.1, 0.15) is 0 Å². The summed E-state index contributed by atoms with van der Waals surface area (Å²) in [7, 11) is 0. The molecular formula is C4H6FN5O2. The van der Waals surface area contributed by atoms with E-state index in [0.29, 0.717) is 6.20 Å². The summed E-state index contributed by atoms with van der Waals surface area (Å²) < 4.78 is 12.0. The minimum Gasteiger partial charge on any atom is -0.311 e. The molecule has 1 heterocycles. The minimum atomic E-state index is -1.00. The number of nitrogens with one attached hydrogen (secondary N) is 3. The molecule has 66 valence electrons. The highest BCUT2D eigenvalue weighted by Gasteiger charge is 1.93. The highest BCUT2D eigenvalue weighted by Crippen LogP contribution is 1.74. The molecule has 0 unspecified atom stereocenters. The zero-order valence-electron chi connectivity index (χ0n) is 5.80. The number of hydrogen-bond donors (Lipinski definition) is 4. The van der Waals surface area contributed by atoms with Crippen molar-refractivity contribution in [3.8, 4) is 0 Å². The molecule has 12 heavy (non-hydrogen) atoms. The minimum absolute atomic E-state index is 0.707. The molecule has 0 saturated carbocycles. The largest absolute Gasteiger partial charge is 0.325 e. The van der Waals surface area contributed by atoms with Crippen molar-refractivity contribution in [1.29, 1.82) is 5.53 Å². The van der Waals surface area contributed by atoms with Crippen molar-refractivity contribution in [3.63, 3.8) is 0 Å². The number of aromatic nitrogens is 2. The fraction of sp³-hybridized carbons (Fsp3) is 0. The smallest absolute Gasteiger partial charge is 0.311 e. The highest BCUT2D eigenvalue weighted by molar-refractivity contribution is 4.83. The third kappa shape index (κ3) is 3.25. The summed E-state index contributed by atoms with van der Waals surface area (Å²) in [5.41, 5.74) is 3.90. The lowest BCUT2D eigenvalue weighted by Crippen LogP contribution is -2.23. The Morgan fingerprint density at radius 3 is 2.42 bits per heavy atom. The molecular weight excluding hydrogens is 169 g/mol. The van der Waals surface area contributed by atoms with Gasteiger partial charge in [-0.05, 0) is 0 Å². The fourth-order valence-corrected chi connectivity index (χ4v) is 0.393. The van der Waals surface area contributed by atoms with E-state index >= 15 is 0 Å². The zero-order chi connectivity index (χ0) is 9.56. The van der Waals surface area contributed by atoms with E-state index in [9.17, 15) is 14.0 Å². The summed E-state index contributed by atoms with van der Waals surface area (Å²) in [4.78, 5) is 24.0. The predicted molar refractivity (Wildman–Crippen MR) is 37.0 cm³/mol. The molecule has 0 saturated heterocycles. The van der Waals surface area contributed by atoms with Gasteiger partial charge in [-0.3, -0.25) is 9.78 Å². The molecule has 0 spiro atoms. The Morgan fingerprint density at radius 2 is 2.08 bits per heavy atom. The molecule has 0 fully saturated rings. The number of halogens is 1. The van der Waals surface area contributed by atoms with E-state index in [4.69, 9.17) is 5.53 Å². The Morgan fingerprint density at radius 1 is 1.58 bits per heavy atom. The van der Waals surface area contributed by atoms with Gasteiger partial charge in [0.15, 0.2) is 0 Å². The van der Waals surface area contributed by atoms with Gasteiger partial charge in [0, 0.05) is 6.20 Å². The predicted octanol–water partition coefficient (Wildman–Crippen LogP) is -0.907. The second-order valence-corrected chi connectivity index (χ2v) is 1.55. The SMILES string of the molecule is N=NN.O=c1[nH]cc(F)c(=O)[nH]1. The van der Waals surface area contributed by atoms with Crippen LogP contribution in [0, 0.1) is 11.3 Å². The van der Waals surface area contributed by atoms with Crippen molar-refractivity contribution in [2.45, 2.75) is 0 Å². The number of rotatable bonds is 0. The maximum atomic E-state index is 12.0. The third-order valence-corrected chi connectivity index (χ3v) is 0.774. The molecule has 1 aromatic rings. The van der Waals surface area contributed by atoms with Crippen LogP contribution in [0.5, 0.6) is 0 Å². The fourth-order valence-electron chi connectivity index (χ4n) is 0.393. The van der Waals surface area contributed by atoms with Crippen LogP contribution < -0.4 is 17.1 Å². The summed E-state index contributed by atoms with van der Waals surface area (Å²) in [6, 6.07) is 0. The second kappa shape index (κ2) is 4.77. The summed E-state index contributed by atoms with van der Waals surface area (Å²) in [6.45, 7) is 0. The lowest BCUT2D eigenvalue weighted by Gasteiger charge is -1.81. The van der Waals surface area contributed by atoms with E-state index in [0.717, 1.165) is 0 Å². The summed E-state index contributed by atoms with van der Waals surface area (Å²) in [6.07, 6.45) is 0.709. The number of H-pyrrole nitrogens is 2. The van der Waals surface area contributed by atoms with Gasteiger partial charge in [-0.15, -0.1) is 0 Å². The molecule has 0 aliphatic heterocycles. The highest BCUT2D eigenvalue weighted by atomic mass is 19.1. The number of nitrogens with two attached hydrogens (primary N) is 1. The van der Waals surface area contributed by atoms with E-state index in [1.54, 1.807) is 4.98 Å². The first-order chi connectivity index (χ1) is 5.61. The average Bonchev–Trinajstić information content (AvgIpc) is 1.99. The van der Waals surface area contributed by atoms with Gasteiger partial charge in [-0.25, -0.2) is 4.79 Å². The van der Waals surface area contributed by atoms with Gasteiger partial charge in [-0.2, -0.15) is 9.92 Å². The number of aromatic amines is 2. The Kier molecular flexibility index (Phi) is 3.98. The van der Waals surface area contributed by atoms with E-state index < -0.39 is 17.1 Å². The molecule has 5 N–H and O–H groups in total. The molecule has 0 atom stereocenters. The van der Waals surface area contributed by atoms with Crippen molar-refractivity contribution >= 4 is 0 Å². The van der Waals surface area contributed by atoms with Gasteiger partial charge in [0.05, 0.1) is 0 Å². The molecule has 0 aliphatic rings. The molecule has 0 aliphatic carbocycles. The first-order valence-corrected chi connectivity index (χ1v) is 2.66. The molecule has 8 heteroatoms. The monoisotopic (exact) mass is 175 g/mol. The summed E-state index contributed by atoms with van der Waals surface area (Å²) in [5.74, 6) is 3.15. The van der Waals surface area contributed by atoms with Crippen molar-refractivity contribution in [2.75, 3.05) is 0 Å². The Labute approximate surface area is 64.9 Å². The molecule has 7 nitrogen and oxygen atoms in total. The van der Waals surface area contributed by atoms with Crippen LogP contribution in [-0.2, 0) is 0 Å². The van der Waals surface area contributed by atoms with E-state index in [2.05, 4.69) is 11.1 Å². The van der Waals surface area contributed by atoms with Gasteiger partial charge in [0.2, 0.25) is 5.82 Å². The lowest BCUT2D eigenvalue weighted by atomic mass is 10.6.